The van der Waals surface area contributed by atoms with E-state index in [2.05, 4.69) is 5.32 Å². The second-order valence-electron chi connectivity index (χ2n) is 11.9. The zero-order chi connectivity index (χ0) is 27.9. The average Bonchev–Trinajstić information content (AvgIpc) is 3.38. The van der Waals surface area contributed by atoms with Gasteiger partial charge >= 0.3 is 13.1 Å². The molecule has 1 aromatic heterocycles. The quantitative estimate of drug-likeness (QED) is 0.422. The van der Waals surface area contributed by atoms with Gasteiger partial charge in [-0.3, -0.25) is 9.59 Å². The summed E-state index contributed by atoms with van der Waals surface area (Å²) in [5.74, 6) is -1.23. The maximum atomic E-state index is 14.7. The lowest BCUT2D eigenvalue weighted by atomic mass is 9.79. The Morgan fingerprint density at radius 2 is 1.64 bits per heavy atom. The van der Waals surface area contributed by atoms with Gasteiger partial charge in [0.15, 0.2) is 0 Å². The lowest BCUT2D eigenvalue weighted by molar-refractivity contribution is -0.138. The molecule has 3 aromatic rings. The number of carboxylic acids is 1. The van der Waals surface area contributed by atoms with Crippen LogP contribution in [0.1, 0.15) is 75.7 Å². The summed E-state index contributed by atoms with van der Waals surface area (Å²) < 4.78 is 28.9. The van der Waals surface area contributed by atoms with Gasteiger partial charge in [0.05, 0.1) is 22.3 Å². The van der Waals surface area contributed by atoms with Crippen LogP contribution in [0.5, 0.6) is 0 Å². The third-order valence-corrected chi connectivity index (χ3v) is 8.62. The molecule has 0 radical (unpaired) electrons. The number of carbonyl (C=O) groups is 2. The van der Waals surface area contributed by atoms with Gasteiger partial charge < -0.3 is 24.3 Å². The summed E-state index contributed by atoms with van der Waals surface area (Å²) in [6.07, 6.45) is 5.01. The minimum absolute atomic E-state index is 0.0198. The van der Waals surface area contributed by atoms with Gasteiger partial charge in [0.1, 0.15) is 5.82 Å². The van der Waals surface area contributed by atoms with Crippen molar-refractivity contribution in [2.45, 2.75) is 83.6 Å². The van der Waals surface area contributed by atoms with E-state index < -0.39 is 24.3 Å². The van der Waals surface area contributed by atoms with Gasteiger partial charge in [0.25, 0.3) is 5.91 Å². The Balaban J connectivity index is 1.31. The van der Waals surface area contributed by atoms with E-state index in [0.29, 0.717) is 23.0 Å². The van der Waals surface area contributed by atoms with Gasteiger partial charge in [-0.1, -0.05) is 24.3 Å². The number of halogens is 1. The van der Waals surface area contributed by atoms with Crippen LogP contribution in [0.3, 0.4) is 0 Å². The molecule has 1 amide bonds. The largest absolute Gasteiger partial charge is 0.494 e. The van der Waals surface area contributed by atoms with E-state index in [1.165, 1.54) is 6.07 Å². The Morgan fingerprint density at radius 3 is 2.26 bits per heavy atom. The van der Waals surface area contributed by atoms with Crippen molar-refractivity contribution in [1.82, 2.24) is 9.88 Å². The number of fused-ring (bicyclic) bond motifs is 1. The molecule has 2 aromatic carbocycles. The minimum atomic E-state index is -0.778. The molecule has 39 heavy (non-hydrogen) atoms. The summed E-state index contributed by atoms with van der Waals surface area (Å²) in [7, 11) is -0.444. The van der Waals surface area contributed by atoms with E-state index in [9.17, 15) is 14.0 Å². The van der Waals surface area contributed by atoms with Crippen LogP contribution >= 0.6 is 0 Å². The monoisotopic (exact) mass is 534 g/mol. The number of carboxylic acid groups (broad SMARTS) is 1. The number of aromatic nitrogens is 1. The fourth-order valence-electron chi connectivity index (χ4n) is 5.58. The fraction of sp³-hybridized carbons (Fsp3) is 0.467. The Labute approximate surface area is 228 Å². The number of hydrogen-bond donors (Lipinski definition) is 2. The van der Waals surface area contributed by atoms with Gasteiger partial charge in [-0.2, -0.15) is 0 Å². The molecule has 0 atom stereocenters. The molecule has 2 N–H and O–H groups in total. The third kappa shape index (κ3) is 5.61. The second kappa shape index (κ2) is 10.4. The summed E-state index contributed by atoms with van der Waals surface area (Å²) in [6.45, 7) is 8.56. The highest BCUT2D eigenvalue weighted by Crippen LogP contribution is 2.36. The first-order valence-corrected chi connectivity index (χ1v) is 13.7. The van der Waals surface area contributed by atoms with Crippen LogP contribution in [-0.4, -0.2) is 45.9 Å². The first-order chi connectivity index (χ1) is 18.4. The van der Waals surface area contributed by atoms with E-state index in [1.807, 2.05) is 62.7 Å². The van der Waals surface area contributed by atoms with Crippen molar-refractivity contribution in [3.05, 3.63) is 65.6 Å². The Morgan fingerprint density at radius 1 is 1.00 bits per heavy atom. The number of nitrogens with one attached hydrogen (secondary N) is 1. The molecule has 1 aliphatic carbocycles. The van der Waals surface area contributed by atoms with Gasteiger partial charge in [-0.15, -0.1) is 0 Å². The number of benzene rings is 2. The van der Waals surface area contributed by atoms with Crippen molar-refractivity contribution >= 4 is 35.4 Å². The molecule has 2 aliphatic rings. The molecule has 0 unspecified atom stereocenters. The maximum absolute atomic E-state index is 14.7. The molecule has 5 rings (SSSR count). The summed E-state index contributed by atoms with van der Waals surface area (Å²) in [4.78, 5) is 24.3. The summed E-state index contributed by atoms with van der Waals surface area (Å²) in [6, 6.07) is 12.5. The molecule has 0 bridgehead atoms. The molecule has 2 fully saturated rings. The number of hydrogen-bond acceptors (Lipinski definition) is 4. The highest BCUT2D eigenvalue weighted by Gasteiger charge is 2.51. The van der Waals surface area contributed by atoms with E-state index in [4.69, 9.17) is 14.4 Å². The third-order valence-electron chi connectivity index (χ3n) is 8.62. The van der Waals surface area contributed by atoms with Crippen LogP contribution in [0, 0.1) is 11.7 Å². The predicted octanol–water partition coefficient (Wildman–Crippen LogP) is 4.89. The van der Waals surface area contributed by atoms with Gasteiger partial charge in [0.2, 0.25) is 0 Å². The summed E-state index contributed by atoms with van der Waals surface area (Å²) in [5.41, 5.74) is 2.08. The number of nitrogens with zero attached hydrogens (tertiary/aromatic N) is 1. The molecule has 1 saturated carbocycles. The Kier molecular flexibility index (Phi) is 7.33. The average molecular weight is 534 g/mol. The molecular formula is C30H36BFN2O5. The molecule has 1 saturated heterocycles. The first-order valence-electron chi connectivity index (χ1n) is 13.7. The maximum Gasteiger partial charge on any atom is 0.494 e. The second-order valence-corrected chi connectivity index (χ2v) is 11.9. The van der Waals surface area contributed by atoms with Crippen LogP contribution < -0.4 is 10.8 Å². The van der Waals surface area contributed by atoms with Crippen molar-refractivity contribution in [3.63, 3.8) is 0 Å². The van der Waals surface area contributed by atoms with Crippen molar-refractivity contribution < 1.29 is 28.4 Å². The van der Waals surface area contributed by atoms with Crippen molar-refractivity contribution in [2.75, 3.05) is 0 Å². The zero-order valence-corrected chi connectivity index (χ0v) is 23.0. The summed E-state index contributed by atoms with van der Waals surface area (Å²) >= 11 is 0. The first kappa shape index (κ1) is 27.4. The van der Waals surface area contributed by atoms with Gasteiger partial charge in [-0.25, -0.2) is 4.39 Å². The van der Waals surface area contributed by atoms with Crippen LogP contribution in [0.25, 0.3) is 10.9 Å². The Bertz CT molecular complexity index is 1360. The van der Waals surface area contributed by atoms with E-state index in [-0.39, 0.29) is 30.1 Å². The fourth-order valence-corrected chi connectivity index (χ4v) is 5.58. The SMILES string of the molecule is CC1(C)OB(c2ccc(Cn3ccc4c(F)ccc(C(=O)NC5CCC(CC(=O)O)CC5)c43)cc2)OC1(C)C. The highest BCUT2D eigenvalue weighted by molar-refractivity contribution is 6.62. The molecule has 9 heteroatoms. The number of aliphatic carboxylic acids is 1. The zero-order valence-electron chi connectivity index (χ0n) is 23.0. The number of amides is 1. The normalized spacial score (nSPS) is 22.2. The lowest BCUT2D eigenvalue weighted by Gasteiger charge is -2.32. The van der Waals surface area contributed by atoms with Crippen LogP contribution in [0.4, 0.5) is 4.39 Å². The van der Waals surface area contributed by atoms with Crippen molar-refractivity contribution in [1.29, 1.82) is 0 Å². The molecule has 0 spiro atoms. The van der Waals surface area contributed by atoms with E-state index >= 15 is 0 Å². The van der Waals surface area contributed by atoms with Crippen molar-refractivity contribution in [2.24, 2.45) is 5.92 Å². The lowest BCUT2D eigenvalue weighted by Crippen LogP contribution is -2.41. The summed E-state index contributed by atoms with van der Waals surface area (Å²) in [5, 5.41) is 12.6. The minimum Gasteiger partial charge on any atom is -0.481 e. The topological polar surface area (TPSA) is 89.8 Å². The standard InChI is InChI=1S/C30H36BFN2O5/c1-29(2)30(3,4)39-31(38-29)21-9-5-20(6-10-21)18-34-16-15-23-25(32)14-13-24(27(23)34)28(37)33-22-11-7-19(8-12-22)17-26(35)36/h5-6,9-10,13-16,19,22H,7-8,11-12,17-18H2,1-4H3,(H,33,37)(H,35,36). The van der Waals surface area contributed by atoms with Crippen molar-refractivity contribution in [3.8, 4) is 0 Å². The van der Waals surface area contributed by atoms with E-state index in [0.717, 1.165) is 36.7 Å². The molecular weight excluding hydrogens is 498 g/mol. The van der Waals surface area contributed by atoms with Crippen LogP contribution in [0.2, 0.25) is 0 Å². The highest BCUT2D eigenvalue weighted by atomic mass is 19.1. The van der Waals surface area contributed by atoms with Gasteiger partial charge in [0, 0.05) is 30.6 Å². The molecule has 2 heterocycles. The van der Waals surface area contributed by atoms with Crippen LogP contribution in [0.15, 0.2) is 48.7 Å². The van der Waals surface area contributed by atoms with Gasteiger partial charge in [-0.05, 0) is 88.5 Å². The number of carbonyl (C=O) groups excluding carboxylic acids is 1. The molecule has 206 valence electrons. The number of rotatable bonds is 7. The van der Waals surface area contributed by atoms with E-state index in [1.54, 1.807) is 12.1 Å². The smallest absolute Gasteiger partial charge is 0.481 e. The van der Waals surface area contributed by atoms with Crippen LogP contribution in [-0.2, 0) is 20.6 Å². The molecule has 1 aliphatic heterocycles. The molecule has 7 nitrogen and oxygen atoms in total. The Hall–Kier alpha value is -3.17. The predicted molar refractivity (Wildman–Crippen MR) is 149 cm³/mol.